The number of ether oxygens (including phenoxy) is 2. The fourth-order valence-electron chi connectivity index (χ4n) is 1.85. The average molecular weight is 250 g/mol. The highest BCUT2D eigenvalue weighted by Gasteiger charge is 2.14. The predicted molar refractivity (Wildman–Crippen MR) is 67.8 cm³/mol. The molecule has 0 spiro atoms. The summed E-state index contributed by atoms with van der Waals surface area (Å²) in [6.07, 6.45) is 0.871. The van der Waals surface area contributed by atoms with E-state index in [0.29, 0.717) is 38.5 Å². The van der Waals surface area contributed by atoms with Gasteiger partial charge in [0, 0.05) is 25.1 Å². The Balaban J connectivity index is 1.82. The van der Waals surface area contributed by atoms with E-state index >= 15 is 0 Å². The zero-order chi connectivity index (χ0) is 12.8. The van der Waals surface area contributed by atoms with E-state index in [1.807, 2.05) is 12.1 Å². The number of nitrogens with one attached hydrogen (secondary N) is 1. The Morgan fingerprint density at radius 1 is 1.44 bits per heavy atom. The molecule has 0 bridgehead atoms. The number of amides is 1. The molecule has 3 N–H and O–H groups in total. The summed E-state index contributed by atoms with van der Waals surface area (Å²) >= 11 is 0. The summed E-state index contributed by atoms with van der Waals surface area (Å²) in [6, 6.07) is 5.51. The van der Waals surface area contributed by atoms with E-state index in [-0.39, 0.29) is 5.91 Å². The van der Waals surface area contributed by atoms with Crippen LogP contribution in [0.15, 0.2) is 18.2 Å². The van der Waals surface area contributed by atoms with Crippen molar-refractivity contribution in [2.24, 2.45) is 5.73 Å². The minimum Gasteiger partial charge on any atom is -0.493 e. The van der Waals surface area contributed by atoms with E-state index in [4.69, 9.17) is 15.2 Å². The number of nitrogens with two attached hydrogens (primary N) is 1. The van der Waals surface area contributed by atoms with Crippen LogP contribution in [-0.4, -0.2) is 38.8 Å². The van der Waals surface area contributed by atoms with Crippen LogP contribution in [0.25, 0.3) is 0 Å². The van der Waals surface area contributed by atoms with Gasteiger partial charge in [-0.25, -0.2) is 0 Å². The summed E-state index contributed by atoms with van der Waals surface area (Å²) in [5.74, 6) is 0.805. The molecule has 0 aromatic heterocycles. The van der Waals surface area contributed by atoms with Gasteiger partial charge in [-0.3, -0.25) is 4.79 Å². The molecule has 0 aliphatic carbocycles. The standard InChI is InChI=1S/C13H18N2O3/c14-4-7-17-8-5-15-13(16)11-1-2-12-10(9-11)3-6-18-12/h1-2,9H,3-8,14H2,(H,15,16). The summed E-state index contributed by atoms with van der Waals surface area (Å²) < 4.78 is 10.6. The lowest BCUT2D eigenvalue weighted by molar-refractivity contribution is 0.0920. The second kappa shape index (κ2) is 6.37. The molecule has 1 aliphatic rings. The van der Waals surface area contributed by atoms with E-state index in [2.05, 4.69) is 5.32 Å². The van der Waals surface area contributed by atoms with Crippen LogP contribution in [0.3, 0.4) is 0 Å². The fourth-order valence-corrected chi connectivity index (χ4v) is 1.85. The number of benzene rings is 1. The monoisotopic (exact) mass is 250 g/mol. The Kier molecular flexibility index (Phi) is 4.55. The van der Waals surface area contributed by atoms with Crippen molar-refractivity contribution in [3.8, 4) is 5.75 Å². The van der Waals surface area contributed by atoms with Gasteiger partial charge in [0.25, 0.3) is 5.91 Å². The predicted octanol–water partition coefficient (Wildman–Crippen LogP) is 0.327. The smallest absolute Gasteiger partial charge is 0.251 e. The quantitative estimate of drug-likeness (QED) is 0.713. The molecule has 98 valence electrons. The molecule has 5 heteroatoms. The van der Waals surface area contributed by atoms with E-state index in [9.17, 15) is 4.79 Å². The lowest BCUT2D eigenvalue weighted by Gasteiger charge is -2.07. The second-order valence-electron chi connectivity index (χ2n) is 4.08. The van der Waals surface area contributed by atoms with E-state index in [1.165, 1.54) is 0 Å². The van der Waals surface area contributed by atoms with Gasteiger partial charge in [-0.05, 0) is 23.8 Å². The molecule has 2 rings (SSSR count). The van der Waals surface area contributed by atoms with E-state index < -0.39 is 0 Å². The van der Waals surface area contributed by atoms with E-state index in [0.717, 1.165) is 17.7 Å². The number of fused-ring (bicyclic) bond motifs is 1. The molecule has 0 radical (unpaired) electrons. The first-order valence-corrected chi connectivity index (χ1v) is 6.13. The maximum absolute atomic E-state index is 11.8. The molecule has 1 amide bonds. The number of hydrogen-bond donors (Lipinski definition) is 2. The number of carbonyl (C=O) groups excluding carboxylic acids is 1. The first-order valence-electron chi connectivity index (χ1n) is 6.13. The summed E-state index contributed by atoms with van der Waals surface area (Å²) in [4.78, 5) is 11.8. The molecule has 1 heterocycles. The largest absolute Gasteiger partial charge is 0.493 e. The summed E-state index contributed by atoms with van der Waals surface area (Å²) in [5.41, 5.74) is 7.05. The third-order valence-corrected chi connectivity index (χ3v) is 2.75. The summed E-state index contributed by atoms with van der Waals surface area (Å²) in [7, 11) is 0. The minimum absolute atomic E-state index is 0.0824. The fraction of sp³-hybridized carbons (Fsp3) is 0.462. The van der Waals surface area contributed by atoms with Crippen molar-refractivity contribution < 1.29 is 14.3 Å². The minimum atomic E-state index is -0.0824. The van der Waals surface area contributed by atoms with Crippen molar-refractivity contribution in [3.05, 3.63) is 29.3 Å². The van der Waals surface area contributed by atoms with Gasteiger partial charge in [-0.2, -0.15) is 0 Å². The molecule has 18 heavy (non-hydrogen) atoms. The molecule has 0 saturated heterocycles. The van der Waals surface area contributed by atoms with Gasteiger partial charge in [-0.15, -0.1) is 0 Å². The van der Waals surface area contributed by atoms with Gasteiger partial charge in [0.15, 0.2) is 0 Å². The van der Waals surface area contributed by atoms with Crippen LogP contribution in [0.4, 0.5) is 0 Å². The number of carbonyl (C=O) groups is 1. The molecular weight excluding hydrogens is 232 g/mol. The van der Waals surface area contributed by atoms with Gasteiger partial charge >= 0.3 is 0 Å². The normalized spacial score (nSPS) is 12.9. The first-order chi connectivity index (χ1) is 8.81. The van der Waals surface area contributed by atoms with Gasteiger partial charge in [-0.1, -0.05) is 0 Å². The Morgan fingerprint density at radius 2 is 2.33 bits per heavy atom. The van der Waals surface area contributed by atoms with Crippen LogP contribution in [0.2, 0.25) is 0 Å². The second-order valence-corrected chi connectivity index (χ2v) is 4.08. The highest BCUT2D eigenvalue weighted by Crippen LogP contribution is 2.25. The summed E-state index contributed by atoms with van der Waals surface area (Å²) in [5, 5.41) is 2.80. The van der Waals surface area contributed by atoms with Crippen LogP contribution in [0.5, 0.6) is 5.75 Å². The molecular formula is C13H18N2O3. The summed E-state index contributed by atoms with van der Waals surface area (Å²) in [6.45, 7) is 2.70. The molecule has 0 atom stereocenters. The molecule has 0 fully saturated rings. The van der Waals surface area contributed by atoms with Crippen LogP contribution in [0.1, 0.15) is 15.9 Å². The van der Waals surface area contributed by atoms with Crippen LogP contribution in [-0.2, 0) is 11.2 Å². The zero-order valence-corrected chi connectivity index (χ0v) is 10.3. The SMILES string of the molecule is NCCOCCNC(=O)c1ccc2c(c1)CCO2. The van der Waals surface area contributed by atoms with Crippen molar-refractivity contribution in [1.82, 2.24) is 5.32 Å². The lowest BCUT2D eigenvalue weighted by Crippen LogP contribution is -2.27. The molecule has 1 aromatic rings. The Bertz CT molecular complexity index is 421. The lowest BCUT2D eigenvalue weighted by atomic mass is 10.1. The van der Waals surface area contributed by atoms with Crippen molar-refractivity contribution in [2.75, 3.05) is 32.9 Å². The van der Waals surface area contributed by atoms with Crippen LogP contribution >= 0.6 is 0 Å². The highest BCUT2D eigenvalue weighted by atomic mass is 16.5. The Labute approximate surface area is 106 Å². The Morgan fingerprint density at radius 3 is 3.17 bits per heavy atom. The molecule has 5 nitrogen and oxygen atoms in total. The number of rotatable bonds is 6. The van der Waals surface area contributed by atoms with Crippen molar-refractivity contribution >= 4 is 5.91 Å². The molecule has 0 unspecified atom stereocenters. The van der Waals surface area contributed by atoms with Crippen molar-refractivity contribution in [3.63, 3.8) is 0 Å². The number of hydrogen-bond acceptors (Lipinski definition) is 4. The van der Waals surface area contributed by atoms with Gasteiger partial charge in [0.1, 0.15) is 5.75 Å². The maximum atomic E-state index is 11.8. The molecule has 0 saturated carbocycles. The van der Waals surface area contributed by atoms with Crippen molar-refractivity contribution in [1.29, 1.82) is 0 Å². The first kappa shape index (κ1) is 12.9. The third-order valence-electron chi connectivity index (χ3n) is 2.75. The van der Waals surface area contributed by atoms with Gasteiger partial charge in [0.2, 0.25) is 0 Å². The highest BCUT2D eigenvalue weighted by molar-refractivity contribution is 5.94. The zero-order valence-electron chi connectivity index (χ0n) is 10.3. The van der Waals surface area contributed by atoms with Crippen LogP contribution < -0.4 is 15.8 Å². The van der Waals surface area contributed by atoms with Gasteiger partial charge in [0.05, 0.1) is 19.8 Å². The van der Waals surface area contributed by atoms with Gasteiger partial charge < -0.3 is 20.5 Å². The molecule has 1 aromatic carbocycles. The Hall–Kier alpha value is -1.59. The van der Waals surface area contributed by atoms with Crippen LogP contribution in [0, 0.1) is 0 Å². The van der Waals surface area contributed by atoms with Crippen molar-refractivity contribution in [2.45, 2.75) is 6.42 Å². The average Bonchev–Trinajstić information content (AvgIpc) is 2.85. The third kappa shape index (κ3) is 3.21. The molecule has 1 aliphatic heterocycles. The maximum Gasteiger partial charge on any atom is 0.251 e. The van der Waals surface area contributed by atoms with E-state index in [1.54, 1.807) is 6.07 Å². The topological polar surface area (TPSA) is 73.6 Å².